The first-order valence-electron chi connectivity index (χ1n) is 3.39. The van der Waals surface area contributed by atoms with Crippen LogP contribution < -0.4 is 0 Å². The Labute approximate surface area is 95.3 Å². The van der Waals surface area contributed by atoms with Crippen molar-refractivity contribution in [3.8, 4) is 0 Å². The van der Waals surface area contributed by atoms with Crippen LogP contribution in [0.2, 0.25) is 0 Å². The summed E-state index contributed by atoms with van der Waals surface area (Å²) in [5, 5.41) is 0. The molecule has 58 valence electrons. The molecule has 2 nitrogen and oxygen atoms in total. The van der Waals surface area contributed by atoms with Crippen LogP contribution in [0.5, 0.6) is 0 Å². The van der Waals surface area contributed by atoms with Crippen molar-refractivity contribution in [3.63, 3.8) is 0 Å². The molecule has 0 amide bonds. The van der Waals surface area contributed by atoms with E-state index in [1.807, 2.05) is 20.8 Å². The molecule has 0 N–H and O–H groups in total. The Hall–Kier alpha value is 0.730. The van der Waals surface area contributed by atoms with E-state index in [1.54, 1.807) is 0 Å². The maximum Gasteiger partial charge on any atom is 2.00 e. The zero-order chi connectivity index (χ0) is 7.28. The zero-order valence-electron chi connectivity index (χ0n) is 9.02. The number of hydrogen-bond donors (Lipinski definition) is 0. The summed E-state index contributed by atoms with van der Waals surface area (Å²) in [5.74, 6) is -0.0232. The van der Waals surface area contributed by atoms with Gasteiger partial charge in [-0.3, -0.25) is 4.79 Å². The predicted molar refractivity (Wildman–Crippen MR) is 44.1 cm³/mol. The van der Waals surface area contributed by atoms with E-state index in [9.17, 15) is 4.79 Å². The Kier molecular flexibility index (Phi) is 10.4. The molecule has 0 aromatic rings. The van der Waals surface area contributed by atoms with Crippen LogP contribution >= 0.6 is 0 Å². The standard InChI is InChI=1S/C7H14O2.Ca.2H/c1-4-6(3)7(8)9-5-2;;;/h6H,4-5H2,1-3H3;;;/q;+2;2*-1. The molecule has 0 spiro atoms. The summed E-state index contributed by atoms with van der Waals surface area (Å²) in [4.78, 5) is 10.8. The molecule has 0 rings (SSSR count). The minimum absolute atomic E-state index is 0. The van der Waals surface area contributed by atoms with E-state index in [4.69, 9.17) is 4.74 Å². The third kappa shape index (κ3) is 5.51. The summed E-state index contributed by atoms with van der Waals surface area (Å²) in [6, 6.07) is 0. The van der Waals surface area contributed by atoms with Crippen molar-refractivity contribution in [2.24, 2.45) is 5.92 Å². The fraction of sp³-hybridized carbons (Fsp3) is 0.857. The molecule has 0 fully saturated rings. The molecule has 0 aliphatic rings. The molecule has 0 heterocycles. The van der Waals surface area contributed by atoms with E-state index in [0.717, 1.165) is 6.42 Å². The van der Waals surface area contributed by atoms with Crippen LogP contribution in [-0.2, 0) is 9.53 Å². The molecule has 10 heavy (non-hydrogen) atoms. The number of carbonyl (C=O) groups is 1. The van der Waals surface area contributed by atoms with Gasteiger partial charge in [0, 0.05) is 0 Å². The van der Waals surface area contributed by atoms with Gasteiger partial charge < -0.3 is 7.59 Å². The second kappa shape index (κ2) is 7.83. The van der Waals surface area contributed by atoms with Crippen molar-refractivity contribution in [2.45, 2.75) is 27.2 Å². The molecule has 0 radical (unpaired) electrons. The van der Waals surface area contributed by atoms with Crippen molar-refractivity contribution in [2.75, 3.05) is 6.61 Å². The maximum absolute atomic E-state index is 10.8. The Balaban J connectivity index is -0.000000107. The average Bonchev–Trinajstić information content (AvgIpc) is 1.87. The van der Waals surface area contributed by atoms with Gasteiger partial charge in [-0.2, -0.15) is 0 Å². The summed E-state index contributed by atoms with van der Waals surface area (Å²) in [5.41, 5.74) is 0. The normalized spacial score (nSPS) is 11.5. The zero-order valence-corrected chi connectivity index (χ0v) is 9.22. The second-order valence-corrected chi connectivity index (χ2v) is 2.06. The number of hydrogen-bond acceptors (Lipinski definition) is 2. The first kappa shape index (κ1) is 13.3. The topological polar surface area (TPSA) is 26.3 Å². The second-order valence-electron chi connectivity index (χ2n) is 2.06. The Bertz CT molecular complexity index is 101. The van der Waals surface area contributed by atoms with Crippen LogP contribution in [0.25, 0.3) is 0 Å². The Morgan fingerprint density at radius 3 is 2.40 bits per heavy atom. The van der Waals surface area contributed by atoms with Crippen molar-refractivity contribution in [1.29, 1.82) is 0 Å². The average molecular weight is 172 g/mol. The van der Waals surface area contributed by atoms with Crippen LogP contribution in [-0.4, -0.2) is 50.3 Å². The van der Waals surface area contributed by atoms with Crippen molar-refractivity contribution < 1.29 is 12.4 Å². The first-order chi connectivity index (χ1) is 4.22. The van der Waals surface area contributed by atoms with Crippen LogP contribution in [0.3, 0.4) is 0 Å². The summed E-state index contributed by atoms with van der Waals surface area (Å²) >= 11 is 0. The molecule has 0 saturated carbocycles. The van der Waals surface area contributed by atoms with Gasteiger partial charge in [0.05, 0.1) is 12.5 Å². The number of carbonyl (C=O) groups excluding carboxylic acids is 1. The van der Waals surface area contributed by atoms with E-state index >= 15 is 0 Å². The fourth-order valence-corrected chi connectivity index (χ4v) is 0.451. The van der Waals surface area contributed by atoms with Gasteiger partial charge in [-0.15, -0.1) is 0 Å². The molecule has 0 aromatic carbocycles. The van der Waals surface area contributed by atoms with Crippen LogP contribution in [0, 0.1) is 5.92 Å². The van der Waals surface area contributed by atoms with Gasteiger partial charge in [-0.05, 0) is 13.3 Å². The van der Waals surface area contributed by atoms with Gasteiger partial charge in [-0.25, -0.2) is 0 Å². The molecule has 0 aliphatic heterocycles. The molecule has 0 aromatic heterocycles. The molecule has 3 heteroatoms. The third-order valence-electron chi connectivity index (χ3n) is 1.30. The van der Waals surface area contributed by atoms with E-state index in [-0.39, 0.29) is 52.5 Å². The van der Waals surface area contributed by atoms with E-state index in [2.05, 4.69) is 0 Å². The van der Waals surface area contributed by atoms with E-state index in [0.29, 0.717) is 6.61 Å². The van der Waals surface area contributed by atoms with Gasteiger partial charge in [0.15, 0.2) is 0 Å². The quantitative estimate of drug-likeness (QED) is 0.475. The molecule has 0 aliphatic carbocycles. The smallest absolute Gasteiger partial charge is 1.00 e. The molecule has 0 saturated heterocycles. The Morgan fingerprint density at radius 1 is 1.60 bits per heavy atom. The van der Waals surface area contributed by atoms with Crippen LogP contribution in [0.15, 0.2) is 0 Å². The largest absolute Gasteiger partial charge is 2.00 e. The van der Waals surface area contributed by atoms with Crippen molar-refractivity contribution in [3.05, 3.63) is 0 Å². The third-order valence-corrected chi connectivity index (χ3v) is 1.30. The molecule has 1 atom stereocenters. The van der Waals surface area contributed by atoms with Crippen molar-refractivity contribution in [1.82, 2.24) is 0 Å². The predicted octanol–water partition coefficient (Wildman–Crippen LogP) is 1.44. The summed E-state index contributed by atoms with van der Waals surface area (Å²) in [7, 11) is 0. The number of rotatable bonds is 3. The van der Waals surface area contributed by atoms with Crippen LogP contribution in [0.1, 0.15) is 30.0 Å². The van der Waals surface area contributed by atoms with Crippen LogP contribution in [0.4, 0.5) is 0 Å². The van der Waals surface area contributed by atoms with Gasteiger partial charge in [-0.1, -0.05) is 13.8 Å². The van der Waals surface area contributed by atoms with Gasteiger partial charge >= 0.3 is 43.7 Å². The Morgan fingerprint density at radius 2 is 2.10 bits per heavy atom. The molecular formula is C7H16CaO2. The fourth-order valence-electron chi connectivity index (χ4n) is 0.451. The van der Waals surface area contributed by atoms with Gasteiger partial charge in [0.1, 0.15) is 0 Å². The van der Waals surface area contributed by atoms with E-state index < -0.39 is 0 Å². The number of ether oxygens (including phenoxy) is 1. The molecule has 1 unspecified atom stereocenters. The summed E-state index contributed by atoms with van der Waals surface area (Å²) in [6.07, 6.45) is 0.860. The minimum atomic E-state index is -0.0833. The number of esters is 1. The first-order valence-corrected chi connectivity index (χ1v) is 3.39. The van der Waals surface area contributed by atoms with Gasteiger partial charge in [0.25, 0.3) is 0 Å². The minimum Gasteiger partial charge on any atom is -1.00 e. The van der Waals surface area contributed by atoms with Crippen molar-refractivity contribution >= 4 is 43.7 Å². The van der Waals surface area contributed by atoms with Gasteiger partial charge in [0.2, 0.25) is 0 Å². The van der Waals surface area contributed by atoms with E-state index in [1.165, 1.54) is 0 Å². The molecule has 0 bridgehead atoms. The SMILES string of the molecule is CCOC(=O)C(C)CC.[Ca+2].[H-].[H-]. The summed E-state index contributed by atoms with van der Waals surface area (Å²) in [6.45, 7) is 6.16. The summed E-state index contributed by atoms with van der Waals surface area (Å²) < 4.78 is 4.76. The molecular weight excluding hydrogens is 156 g/mol. The maximum atomic E-state index is 10.8. The monoisotopic (exact) mass is 172 g/mol.